The summed E-state index contributed by atoms with van der Waals surface area (Å²) >= 11 is 0. The van der Waals surface area contributed by atoms with Crippen molar-refractivity contribution >= 4 is 17.4 Å². The predicted molar refractivity (Wildman–Crippen MR) is 135 cm³/mol. The molecule has 2 atom stereocenters. The van der Waals surface area contributed by atoms with Gasteiger partial charge < -0.3 is 24.4 Å². The third kappa shape index (κ3) is 4.91. The number of hydrogen-bond acceptors (Lipinski definition) is 6. The molecule has 35 heavy (non-hydrogen) atoms. The van der Waals surface area contributed by atoms with E-state index in [0.717, 1.165) is 49.4 Å². The SMILES string of the molecule is CCN(CC)CCCN1C(=O)C(=O)/C(=C(/O)c2ccc3c(c2)C[C@H](C)O3)[C@@H]1c1ccc(OC)cc1. The number of methoxy groups -OCH3 is 1. The summed E-state index contributed by atoms with van der Waals surface area (Å²) in [6, 6.07) is 12.0. The molecule has 2 aliphatic heterocycles. The number of hydrogen-bond donors (Lipinski definition) is 1. The summed E-state index contributed by atoms with van der Waals surface area (Å²) in [6.45, 7) is 9.31. The van der Waals surface area contributed by atoms with E-state index < -0.39 is 17.7 Å². The molecule has 0 saturated carbocycles. The first-order valence-corrected chi connectivity index (χ1v) is 12.3. The third-order valence-corrected chi connectivity index (χ3v) is 6.91. The second-order valence-corrected chi connectivity index (χ2v) is 9.10. The Hall–Kier alpha value is -3.32. The molecule has 1 saturated heterocycles. The Labute approximate surface area is 206 Å². The molecule has 0 aromatic heterocycles. The number of fused-ring (bicyclic) bond motifs is 1. The van der Waals surface area contributed by atoms with Gasteiger partial charge in [0.15, 0.2) is 0 Å². The standard InChI is InChI=1S/C28H34N2O5/c1-5-29(6-2)14-7-15-30-25(19-8-11-22(34-4)12-9-19)24(27(32)28(30)33)26(31)20-10-13-23-21(17-20)16-18(3)35-23/h8-13,17-18,25,31H,5-7,14-16H2,1-4H3/b26-24+/t18-,25-/m0/s1. The van der Waals surface area contributed by atoms with E-state index >= 15 is 0 Å². The summed E-state index contributed by atoms with van der Waals surface area (Å²) in [6.07, 6.45) is 1.53. The highest BCUT2D eigenvalue weighted by atomic mass is 16.5. The lowest BCUT2D eigenvalue weighted by Gasteiger charge is -2.27. The lowest BCUT2D eigenvalue weighted by molar-refractivity contribution is -0.140. The van der Waals surface area contributed by atoms with Gasteiger partial charge in [0.1, 0.15) is 23.4 Å². The predicted octanol–water partition coefficient (Wildman–Crippen LogP) is 4.17. The monoisotopic (exact) mass is 478 g/mol. The average molecular weight is 479 g/mol. The molecule has 0 spiro atoms. The van der Waals surface area contributed by atoms with E-state index in [-0.39, 0.29) is 17.4 Å². The van der Waals surface area contributed by atoms with Crippen molar-refractivity contribution < 1.29 is 24.2 Å². The van der Waals surface area contributed by atoms with Gasteiger partial charge in [-0.05, 0) is 74.4 Å². The number of amides is 1. The van der Waals surface area contributed by atoms with Crippen LogP contribution in [0.15, 0.2) is 48.0 Å². The summed E-state index contributed by atoms with van der Waals surface area (Å²) < 4.78 is 11.1. The van der Waals surface area contributed by atoms with Crippen molar-refractivity contribution in [1.82, 2.24) is 9.80 Å². The van der Waals surface area contributed by atoms with Crippen LogP contribution in [0.5, 0.6) is 11.5 Å². The minimum atomic E-state index is -0.666. The van der Waals surface area contributed by atoms with Crippen LogP contribution in [0.1, 0.15) is 49.9 Å². The number of aliphatic hydroxyl groups excluding tert-OH is 1. The van der Waals surface area contributed by atoms with Crippen LogP contribution < -0.4 is 9.47 Å². The zero-order chi connectivity index (χ0) is 25.1. The second kappa shape index (κ2) is 10.5. The first-order valence-electron chi connectivity index (χ1n) is 12.3. The Morgan fingerprint density at radius 2 is 1.86 bits per heavy atom. The number of ketones is 1. The van der Waals surface area contributed by atoms with Crippen LogP contribution in [0.4, 0.5) is 0 Å². The van der Waals surface area contributed by atoms with E-state index in [4.69, 9.17) is 9.47 Å². The van der Waals surface area contributed by atoms with Crippen molar-refractivity contribution in [3.8, 4) is 11.5 Å². The molecule has 0 unspecified atom stereocenters. The van der Waals surface area contributed by atoms with Gasteiger partial charge in [-0.15, -0.1) is 0 Å². The van der Waals surface area contributed by atoms with Gasteiger partial charge in [-0.1, -0.05) is 26.0 Å². The van der Waals surface area contributed by atoms with Crippen LogP contribution in [0.2, 0.25) is 0 Å². The quantitative estimate of drug-likeness (QED) is 0.331. The summed E-state index contributed by atoms with van der Waals surface area (Å²) in [5.41, 5.74) is 2.37. The summed E-state index contributed by atoms with van der Waals surface area (Å²) in [5.74, 6) is 0.0802. The van der Waals surface area contributed by atoms with E-state index in [9.17, 15) is 14.7 Å². The number of carbonyl (C=O) groups excluding carboxylic acids is 2. The van der Waals surface area contributed by atoms with E-state index in [0.29, 0.717) is 17.9 Å². The van der Waals surface area contributed by atoms with Crippen molar-refractivity contribution in [1.29, 1.82) is 0 Å². The van der Waals surface area contributed by atoms with E-state index in [1.807, 2.05) is 31.2 Å². The van der Waals surface area contributed by atoms with Gasteiger partial charge in [0.05, 0.1) is 18.7 Å². The number of aliphatic hydroxyl groups is 1. The van der Waals surface area contributed by atoms with Crippen molar-refractivity contribution in [2.45, 2.75) is 45.8 Å². The van der Waals surface area contributed by atoms with Crippen molar-refractivity contribution in [2.75, 3.05) is 33.3 Å². The smallest absolute Gasteiger partial charge is 0.295 e. The lowest BCUT2D eigenvalue weighted by Crippen LogP contribution is -2.33. The lowest BCUT2D eigenvalue weighted by atomic mass is 9.94. The number of ether oxygens (including phenoxy) is 2. The summed E-state index contributed by atoms with van der Waals surface area (Å²) in [7, 11) is 1.59. The van der Waals surface area contributed by atoms with Crippen molar-refractivity contribution in [2.24, 2.45) is 0 Å². The van der Waals surface area contributed by atoms with Crippen LogP contribution in [0, 0.1) is 0 Å². The van der Waals surface area contributed by atoms with Gasteiger partial charge in [0.25, 0.3) is 11.7 Å². The molecule has 1 N–H and O–H groups in total. The van der Waals surface area contributed by atoms with Crippen LogP contribution in [-0.2, 0) is 16.0 Å². The maximum absolute atomic E-state index is 13.3. The van der Waals surface area contributed by atoms with Crippen molar-refractivity contribution in [3.63, 3.8) is 0 Å². The first-order chi connectivity index (χ1) is 16.9. The van der Waals surface area contributed by atoms with Gasteiger partial charge in [-0.2, -0.15) is 0 Å². The van der Waals surface area contributed by atoms with E-state index in [1.54, 1.807) is 30.2 Å². The fourth-order valence-electron chi connectivity index (χ4n) is 4.97. The Kier molecular flexibility index (Phi) is 7.45. The number of rotatable bonds is 9. The van der Waals surface area contributed by atoms with Gasteiger partial charge in [0, 0.05) is 18.5 Å². The number of Topliss-reactive ketones (excluding diaryl/α,β-unsaturated/α-hetero) is 1. The number of carbonyl (C=O) groups is 2. The normalized spacial score (nSPS) is 20.9. The topological polar surface area (TPSA) is 79.3 Å². The van der Waals surface area contributed by atoms with Crippen LogP contribution in [-0.4, -0.2) is 66.0 Å². The maximum atomic E-state index is 13.3. The molecule has 0 radical (unpaired) electrons. The molecular weight excluding hydrogens is 444 g/mol. The summed E-state index contributed by atoms with van der Waals surface area (Å²) in [5, 5.41) is 11.4. The molecule has 186 valence electrons. The highest BCUT2D eigenvalue weighted by Crippen LogP contribution is 2.41. The molecule has 2 heterocycles. The van der Waals surface area contributed by atoms with Crippen molar-refractivity contribution in [3.05, 3.63) is 64.7 Å². The molecule has 2 aromatic rings. The molecule has 7 nitrogen and oxygen atoms in total. The average Bonchev–Trinajstić information content (AvgIpc) is 3.37. The molecule has 1 amide bonds. The molecule has 2 aliphatic rings. The largest absolute Gasteiger partial charge is 0.507 e. The molecule has 2 aromatic carbocycles. The zero-order valence-corrected chi connectivity index (χ0v) is 20.9. The fraction of sp³-hybridized carbons (Fsp3) is 0.429. The first kappa shape index (κ1) is 24.8. The van der Waals surface area contributed by atoms with Crippen LogP contribution in [0.25, 0.3) is 5.76 Å². The van der Waals surface area contributed by atoms with Gasteiger partial charge in [-0.25, -0.2) is 0 Å². The van der Waals surface area contributed by atoms with Gasteiger partial charge in [0.2, 0.25) is 0 Å². The fourth-order valence-corrected chi connectivity index (χ4v) is 4.97. The highest BCUT2D eigenvalue weighted by molar-refractivity contribution is 6.46. The summed E-state index contributed by atoms with van der Waals surface area (Å²) in [4.78, 5) is 30.3. The Morgan fingerprint density at radius 1 is 1.14 bits per heavy atom. The van der Waals surface area contributed by atoms with Crippen LogP contribution >= 0.6 is 0 Å². The van der Waals surface area contributed by atoms with Gasteiger partial charge >= 0.3 is 0 Å². The van der Waals surface area contributed by atoms with E-state index in [1.165, 1.54) is 0 Å². The Morgan fingerprint density at radius 3 is 2.51 bits per heavy atom. The maximum Gasteiger partial charge on any atom is 0.295 e. The molecule has 7 heteroatoms. The molecule has 1 fully saturated rings. The molecule has 0 aliphatic carbocycles. The number of nitrogens with zero attached hydrogens (tertiary/aromatic N) is 2. The Bertz CT molecular complexity index is 1120. The van der Waals surface area contributed by atoms with E-state index in [2.05, 4.69) is 18.7 Å². The Balaban J connectivity index is 1.73. The second-order valence-electron chi connectivity index (χ2n) is 9.10. The number of likely N-dealkylation sites (tertiary alicyclic amines) is 1. The zero-order valence-electron chi connectivity index (χ0n) is 20.9. The van der Waals surface area contributed by atoms with Crippen LogP contribution in [0.3, 0.4) is 0 Å². The number of benzene rings is 2. The van der Waals surface area contributed by atoms with Gasteiger partial charge in [-0.3, -0.25) is 9.59 Å². The molecular formula is C28H34N2O5. The highest BCUT2D eigenvalue weighted by Gasteiger charge is 2.45. The molecule has 4 rings (SSSR count). The minimum absolute atomic E-state index is 0.0677. The third-order valence-electron chi connectivity index (χ3n) is 6.91. The molecule has 0 bridgehead atoms. The minimum Gasteiger partial charge on any atom is -0.507 e.